The maximum absolute atomic E-state index is 10.1. The van der Waals surface area contributed by atoms with Crippen LogP contribution in [0.25, 0.3) is 0 Å². The molecule has 3 rings (SSSR count). The number of anilines is 2. The van der Waals surface area contributed by atoms with Gasteiger partial charge in [-0.25, -0.2) is 0 Å². The average Bonchev–Trinajstić information content (AvgIpc) is 2.64. The largest absolute Gasteiger partial charge is 0.460 e. The minimum absolute atomic E-state index is 0.399. The van der Waals surface area contributed by atoms with Gasteiger partial charge in [-0.2, -0.15) is 0 Å². The second-order valence-electron chi connectivity index (χ2n) is 5.80. The van der Waals surface area contributed by atoms with Gasteiger partial charge in [-0.15, -0.1) is 0 Å². The molecule has 1 aliphatic heterocycles. The Balaban J connectivity index is 1.78. The fourth-order valence-electron chi connectivity index (χ4n) is 2.64. The quantitative estimate of drug-likeness (QED) is 0.539. The van der Waals surface area contributed by atoms with Crippen LogP contribution in [-0.4, -0.2) is 57.7 Å². The number of benzene rings is 2. The predicted molar refractivity (Wildman–Crippen MR) is 90.6 cm³/mol. The first kappa shape index (κ1) is 17.7. The van der Waals surface area contributed by atoms with E-state index in [9.17, 15) is 20.4 Å². The Kier molecular flexibility index (Phi) is 5.52. The Hall–Kier alpha value is -2.16. The van der Waals surface area contributed by atoms with Crippen molar-refractivity contribution in [3.63, 3.8) is 0 Å². The van der Waals surface area contributed by atoms with E-state index in [0.29, 0.717) is 11.4 Å². The van der Waals surface area contributed by atoms with Gasteiger partial charge in [0.05, 0.1) is 12.3 Å². The van der Waals surface area contributed by atoms with Gasteiger partial charge in [0.1, 0.15) is 30.2 Å². The molecule has 2 aromatic carbocycles. The first-order chi connectivity index (χ1) is 12.1. The molecule has 1 saturated heterocycles. The Morgan fingerprint density at radius 2 is 1.56 bits per heavy atom. The third kappa shape index (κ3) is 3.92. The molecule has 0 bridgehead atoms. The van der Waals surface area contributed by atoms with E-state index in [2.05, 4.69) is 5.32 Å². The average molecular weight is 347 g/mol. The monoisotopic (exact) mass is 347 g/mol. The van der Waals surface area contributed by atoms with Gasteiger partial charge in [-0.1, -0.05) is 30.3 Å². The third-order valence-corrected chi connectivity index (χ3v) is 4.03. The molecule has 25 heavy (non-hydrogen) atoms. The number of rotatable bonds is 5. The van der Waals surface area contributed by atoms with Crippen molar-refractivity contribution in [3.8, 4) is 5.75 Å². The molecule has 2 aromatic rings. The summed E-state index contributed by atoms with van der Waals surface area (Å²) >= 11 is 0. The molecule has 0 spiro atoms. The van der Waals surface area contributed by atoms with E-state index in [1.807, 2.05) is 36.4 Å². The zero-order valence-electron chi connectivity index (χ0n) is 13.4. The van der Waals surface area contributed by atoms with Crippen LogP contribution in [0.5, 0.6) is 5.75 Å². The van der Waals surface area contributed by atoms with Gasteiger partial charge in [0.2, 0.25) is 6.29 Å². The fraction of sp³-hybridized carbons (Fsp3) is 0.333. The van der Waals surface area contributed by atoms with E-state index in [-0.39, 0.29) is 0 Å². The van der Waals surface area contributed by atoms with Gasteiger partial charge in [0.25, 0.3) is 0 Å². The van der Waals surface area contributed by atoms with E-state index in [0.717, 1.165) is 5.69 Å². The molecule has 0 aromatic heterocycles. The van der Waals surface area contributed by atoms with Gasteiger partial charge in [0, 0.05) is 5.69 Å². The molecule has 1 aliphatic rings. The lowest BCUT2D eigenvalue weighted by Gasteiger charge is -2.39. The van der Waals surface area contributed by atoms with Crippen molar-refractivity contribution in [1.29, 1.82) is 0 Å². The summed E-state index contributed by atoms with van der Waals surface area (Å²) in [5, 5.41) is 42.2. The number of aliphatic hydroxyl groups is 4. The van der Waals surface area contributed by atoms with Gasteiger partial charge in [-0.05, 0) is 24.3 Å². The van der Waals surface area contributed by atoms with Crippen LogP contribution in [0, 0.1) is 0 Å². The summed E-state index contributed by atoms with van der Waals surface area (Å²) in [6, 6.07) is 16.5. The van der Waals surface area contributed by atoms with E-state index < -0.39 is 37.3 Å². The molecule has 1 fully saturated rings. The number of nitrogens with one attached hydrogen (secondary N) is 1. The molecule has 1 heterocycles. The molecule has 5 atom stereocenters. The summed E-state index contributed by atoms with van der Waals surface area (Å²) in [7, 11) is 0. The molecular formula is C18H21NO6. The van der Waals surface area contributed by atoms with Crippen molar-refractivity contribution < 1.29 is 29.9 Å². The number of ether oxygens (including phenoxy) is 2. The van der Waals surface area contributed by atoms with Crippen LogP contribution in [0.15, 0.2) is 54.6 Å². The lowest BCUT2D eigenvalue weighted by atomic mass is 9.99. The highest BCUT2D eigenvalue weighted by Crippen LogP contribution is 2.31. The molecule has 0 aliphatic carbocycles. The van der Waals surface area contributed by atoms with E-state index in [4.69, 9.17) is 9.47 Å². The van der Waals surface area contributed by atoms with Gasteiger partial charge < -0.3 is 35.2 Å². The maximum atomic E-state index is 10.1. The van der Waals surface area contributed by atoms with E-state index in [1.54, 1.807) is 18.2 Å². The van der Waals surface area contributed by atoms with Crippen molar-refractivity contribution in [2.75, 3.05) is 11.9 Å². The summed E-state index contributed by atoms with van der Waals surface area (Å²) in [4.78, 5) is 0. The van der Waals surface area contributed by atoms with Crippen LogP contribution in [-0.2, 0) is 4.74 Å². The van der Waals surface area contributed by atoms with Gasteiger partial charge in [-0.3, -0.25) is 0 Å². The first-order valence-corrected chi connectivity index (χ1v) is 7.98. The number of aliphatic hydroxyl groups excluding tert-OH is 4. The standard InChI is InChI=1S/C18H21NO6/c20-10-14-15(21)16(22)17(23)18(25-14)24-13-9-5-4-8-12(13)19-11-6-2-1-3-7-11/h1-9,14-23H,10H2/t14-,15-,16+,17-,18-/m1/s1. The molecule has 0 saturated carbocycles. The minimum atomic E-state index is -1.48. The topological polar surface area (TPSA) is 111 Å². The van der Waals surface area contributed by atoms with Crippen molar-refractivity contribution in [1.82, 2.24) is 0 Å². The predicted octanol–water partition coefficient (Wildman–Crippen LogP) is 0.609. The molecular weight excluding hydrogens is 326 g/mol. The molecule has 5 N–H and O–H groups in total. The van der Waals surface area contributed by atoms with Crippen molar-refractivity contribution in [3.05, 3.63) is 54.6 Å². The van der Waals surface area contributed by atoms with Crippen molar-refractivity contribution in [2.45, 2.75) is 30.7 Å². The molecule has 0 radical (unpaired) electrons. The lowest BCUT2D eigenvalue weighted by molar-refractivity contribution is -0.277. The maximum Gasteiger partial charge on any atom is 0.229 e. The molecule has 0 unspecified atom stereocenters. The van der Waals surface area contributed by atoms with Gasteiger partial charge in [0.15, 0.2) is 0 Å². The third-order valence-electron chi connectivity index (χ3n) is 4.03. The van der Waals surface area contributed by atoms with Gasteiger partial charge >= 0.3 is 0 Å². The first-order valence-electron chi connectivity index (χ1n) is 7.98. The van der Waals surface area contributed by atoms with E-state index >= 15 is 0 Å². The fourth-order valence-corrected chi connectivity index (χ4v) is 2.64. The summed E-state index contributed by atoms with van der Waals surface area (Å²) in [5.41, 5.74) is 1.50. The van der Waals surface area contributed by atoms with Crippen LogP contribution in [0.4, 0.5) is 11.4 Å². The summed E-state index contributed by atoms with van der Waals surface area (Å²) in [6.07, 6.45) is -6.60. The minimum Gasteiger partial charge on any atom is -0.460 e. The highest BCUT2D eigenvalue weighted by Gasteiger charge is 2.44. The second kappa shape index (κ2) is 7.81. The highest BCUT2D eigenvalue weighted by molar-refractivity contribution is 5.66. The molecule has 7 nitrogen and oxygen atoms in total. The molecule has 134 valence electrons. The SMILES string of the molecule is OC[C@H]1O[C@@H](Oc2ccccc2Nc2ccccc2)[C@H](O)[C@@H](O)[C@@H]1O. The highest BCUT2D eigenvalue weighted by atomic mass is 16.7. The van der Waals surface area contributed by atoms with Crippen LogP contribution >= 0.6 is 0 Å². The zero-order chi connectivity index (χ0) is 17.8. The molecule has 7 heteroatoms. The van der Waals surface area contributed by atoms with Crippen molar-refractivity contribution in [2.24, 2.45) is 0 Å². The summed E-state index contributed by atoms with van der Waals surface area (Å²) < 4.78 is 11.1. The van der Waals surface area contributed by atoms with Crippen LogP contribution in [0.2, 0.25) is 0 Å². The zero-order valence-corrected chi connectivity index (χ0v) is 13.4. The van der Waals surface area contributed by atoms with Crippen molar-refractivity contribution >= 4 is 11.4 Å². The number of hydrogen-bond donors (Lipinski definition) is 5. The van der Waals surface area contributed by atoms with Crippen LogP contribution < -0.4 is 10.1 Å². The Labute approximate surface area is 145 Å². The number of hydrogen-bond acceptors (Lipinski definition) is 7. The number of para-hydroxylation sites is 3. The Bertz CT molecular complexity index is 680. The Morgan fingerprint density at radius 1 is 0.880 bits per heavy atom. The second-order valence-corrected chi connectivity index (χ2v) is 5.80. The van der Waals surface area contributed by atoms with E-state index in [1.165, 1.54) is 0 Å². The summed E-state index contributed by atoms with van der Waals surface area (Å²) in [5.74, 6) is 0.399. The molecule has 0 amide bonds. The smallest absolute Gasteiger partial charge is 0.229 e. The summed E-state index contributed by atoms with van der Waals surface area (Å²) in [6.45, 7) is -0.505. The van der Waals surface area contributed by atoms with Crippen LogP contribution in [0.1, 0.15) is 0 Å². The Morgan fingerprint density at radius 3 is 2.28 bits per heavy atom. The normalized spacial score (nSPS) is 29.2. The lowest BCUT2D eigenvalue weighted by Crippen LogP contribution is -2.60. The van der Waals surface area contributed by atoms with Crippen LogP contribution in [0.3, 0.4) is 0 Å².